The Morgan fingerprint density at radius 1 is 0.554 bits per heavy atom. The van der Waals surface area contributed by atoms with Gasteiger partial charge in [-0.1, -0.05) is 39.8 Å². The van der Waals surface area contributed by atoms with Crippen molar-refractivity contribution in [1.82, 2.24) is 0 Å². The van der Waals surface area contributed by atoms with E-state index in [-0.39, 0.29) is 59.0 Å². The van der Waals surface area contributed by atoms with Crippen LogP contribution in [0, 0.1) is 56.7 Å². The summed E-state index contributed by atoms with van der Waals surface area (Å²) in [4.78, 5) is 102. The smallest absolute Gasteiger partial charge is 0.320 e. The summed E-state index contributed by atoms with van der Waals surface area (Å²) in [5.74, 6) is -4.79. The lowest BCUT2D eigenvalue weighted by atomic mass is 9.32. The second-order valence-corrected chi connectivity index (χ2v) is 23.6. The van der Waals surface area contributed by atoms with E-state index in [0.29, 0.717) is 25.7 Å². The van der Waals surface area contributed by atoms with Crippen molar-refractivity contribution in [2.45, 2.75) is 216 Å². The fraction of sp³-hybridized carbons (Fsp3) is 0.818. The molecule has 0 amide bonds. The molecule has 0 aromatic heterocycles. The summed E-state index contributed by atoms with van der Waals surface area (Å²) < 4.78 is 66.4. The van der Waals surface area contributed by atoms with Crippen LogP contribution in [0.1, 0.15) is 154 Å². The van der Waals surface area contributed by atoms with E-state index in [2.05, 4.69) is 41.2 Å². The van der Waals surface area contributed by atoms with Gasteiger partial charge >= 0.3 is 47.8 Å². The molecular weight excluding hydrogens is 965 g/mol. The van der Waals surface area contributed by atoms with Gasteiger partial charge in [-0.25, -0.2) is 0 Å². The zero-order valence-electron chi connectivity index (χ0n) is 45.6. The first-order valence-corrected chi connectivity index (χ1v) is 26.5. The van der Waals surface area contributed by atoms with Crippen LogP contribution in [0.2, 0.25) is 0 Å². The van der Waals surface area contributed by atoms with Crippen LogP contribution in [0.5, 0.6) is 0 Å². The van der Waals surface area contributed by atoms with E-state index in [9.17, 15) is 38.4 Å². The molecule has 0 spiro atoms. The van der Waals surface area contributed by atoms with Gasteiger partial charge in [0.1, 0.15) is 0 Å². The van der Waals surface area contributed by atoms with Gasteiger partial charge in [-0.15, -0.1) is 0 Å². The van der Waals surface area contributed by atoms with Crippen molar-refractivity contribution < 1.29 is 90.5 Å². The molecule has 2 aliphatic heterocycles. The highest BCUT2D eigenvalue weighted by atomic mass is 16.8. The molecule has 2 heterocycles. The zero-order valence-corrected chi connectivity index (χ0v) is 45.6. The number of allylic oxidation sites excluding steroid dienone is 1. The highest BCUT2D eigenvalue weighted by molar-refractivity contribution is 5.88. The molecule has 0 bridgehead atoms. The maximum Gasteiger partial charge on any atom is 0.320 e. The molecule has 7 rings (SSSR count). The Kier molecular flexibility index (Phi) is 16.6. The Hall–Kier alpha value is -4.46. The summed E-state index contributed by atoms with van der Waals surface area (Å²) in [6.07, 6.45) is -5.53. The van der Waals surface area contributed by atoms with Crippen LogP contribution < -0.4 is 0 Å². The Morgan fingerprint density at radius 3 is 1.76 bits per heavy atom. The zero-order chi connectivity index (χ0) is 54.6. The summed E-state index contributed by atoms with van der Waals surface area (Å²) in [7, 11) is 0. The molecule has 0 radical (unpaired) electrons. The Labute approximate surface area is 434 Å². The Bertz CT molecular complexity index is 2230. The van der Waals surface area contributed by atoms with Gasteiger partial charge in [-0.2, -0.15) is 0 Å². The van der Waals surface area contributed by atoms with Crippen LogP contribution in [0.25, 0.3) is 0 Å². The lowest BCUT2D eigenvalue weighted by Crippen LogP contribution is -2.68. The fourth-order valence-electron chi connectivity index (χ4n) is 16.2. The molecule has 2 unspecified atom stereocenters. The molecule has 7 aliphatic rings. The van der Waals surface area contributed by atoms with Gasteiger partial charge in [-0.05, 0) is 124 Å². The third-order valence-electron chi connectivity index (χ3n) is 19.3. The van der Waals surface area contributed by atoms with Crippen LogP contribution in [0.4, 0.5) is 0 Å². The van der Waals surface area contributed by atoms with Crippen molar-refractivity contribution >= 4 is 47.8 Å². The van der Waals surface area contributed by atoms with Crippen LogP contribution in [-0.4, -0.2) is 122 Å². The minimum atomic E-state index is -1.60. The van der Waals surface area contributed by atoms with Crippen LogP contribution >= 0.6 is 0 Å². The number of carbonyl (C=O) groups excluding carboxylic acids is 8. The lowest BCUT2D eigenvalue weighted by molar-refractivity contribution is -0.367. The molecule has 20 atom stereocenters. The number of esters is 8. The maximum atomic E-state index is 14.1. The van der Waals surface area contributed by atoms with Gasteiger partial charge in [0, 0.05) is 53.9 Å². The monoisotopic (exact) mass is 1040 g/mol. The van der Waals surface area contributed by atoms with Gasteiger partial charge in [0.2, 0.25) is 0 Å². The molecule has 74 heavy (non-hydrogen) atoms. The number of hydrogen-bond donors (Lipinski definition) is 0. The molecule has 0 aromatic rings. The molecule has 414 valence electrons. The van der Waals surface area contributed by atoms with Crippen LogP contribution in [0.3, 0.4) is 0 Å². The number of fused-ring (bicyclic) bond motifs is 7. The summed E-state index contributed by atoms with van der Waals surface area (Å²) in [6, 6.07) is 0. The van der Waals surface area contributed by atoms with Crippen molar-refractivity contribution in [3.8, 4) is 0 Å². The second kappa shape index (κ2) is 21.5. The van der Waals surface area contributed by atoms with Crippen LogP contribution in [-0.2, 0) is 90.5 Å². The molecule has 19 nitrogen and oxygen atoms in total. The fourth-order valence-corrected chi connectivity index (χ4v) is 16.2. The van der Waals surface area contributed by atoms with E-state index < -0.39 is 120 Å². The molecule has 0 N–H and O–H groups in total. The van der Waals surface area contributed by atoms with Gasteiger partial charge in [0.25, 0.3) is 0 Å². The first-order chi connectivity index (χ1) is 34.5. The molecular formula is C55H80O19. The average molecular weight is 1050 g/mol. The maximum absolute atomic E-state index is 14.1. The largest absolute Gasteiger partial charge is 0.465 e. The van der Waals surface area contributed by atoms with Gasteiger partial charge in [-0.3, -0.25) is 38.4 Å². The standard InChI is InChI=1S/C55H80O19/c1-27(2)36-17-22-55(50(63)72-35(10)62)24-23-53(13)37(42(36)55)15-16-40-51(11)20-19-41(52(12,26-65-29(4)56)39(51)18-21-54(40,53)14)73-48-46(44(69-32(7)59)38(25-64-48)67-30(5)57)74-49-47(71-34(9)61)45(70-33(8)60)43(28(3)66-49)68-31(6)58/h28,36-49H,1,15-26H2,2-14H3/t28-,36-,37?,38-,39+,40+,41-,42+,43-,44-,45+,46+,47+,48-,49-,51-,52?,53+,54+,55-/m0/s1. The number of hydrogen-bond acceptors (Lipinski definition) is 19. The molecule has 5 aliphatic carbocycles. The van der Waals surface area contributed by atoms with Gasteiger partial charge in [0.05, 0.1) is 30.8 Å². The molecule has 5 saturated carbocycles. The summed E-state index contributed by atoms with van der Waals surface area (Å²) in [6.45, 7) is 25.5. The normalized spacial score (nSPS) is 43.3. The topological polar surface area (TPSA) is 238 Å². The molecule has 2 saturated heterocycles. The lowest BCUT2D eigenvalue weighted by Gasteiger charge is -2.73. The van der Waals surface area contributed by atoms with Gasteiger partial charge < -0.3 is 52.1 Å². The quantitative estimate of drug-likeness (QED) is 0.0605. The second-order valence-electron chi connectivity index (χ2n) is 23.6. The average Bonchev–Trinajstić information content (AvgIpc) is 3.69. The van der Waals surface area contributed by atoms with Crippen molar-refractivity contribution in [1.29, 1.82) is 0 Å². The van der Waals surface area contributed by atoms with E-state index >= 15 is 0 Å². The molecule has 19 heteroatoms. The third kappa shape index (κ3) is 10.4. The summed E-state index contributed by atoms with van der Waals surface area (Å²) in [5.41, 5.74) is -1.18. The predicted molar refractivity (Wildman–Crippen MR) is 258 cm³/mol. The third-order valence-corrected chi connectivity index (χ3v) is 19.3. The highest BCUT2D eigenvalue weighted by Gasteiger charge is 2.73. The SMILES string of the molecule is C=C(C)[C@@H]1CC[C@]2(C(=O)OC(C)=O)CC[C@]3(C)C(CC[C@@H]4[C@@]5(C)CC[C@H](O[C@@H]6OC[C@H](OC(C)=O)[C@H](OC(C)=O)[C@H]6O[C@@H]6O[C@@H](C)[C@H](OC(C)=O)[C@@H](OC(C)=O)[C@H]6OC(C)=O)C(C)(COC(C)=O)[C@@H]5CC[C@]43C)[C@@H]12. The number of carbonyl (C=O) groups is 8. The Morgan fingerprint density at radius 2 is 1.16 bits per heavy atom. The molecule has 0 aromatic carbocycles. The van der Waals surface area contributed by atoms with Crippen molar-refractivity contribution in [2.24, 2.45) is 56.7 Å². The number of rotatable bonds is 13. The van der Waals surface area contributed by atoms with Crippen molar-refractivity contribution in [2.75, 3.05) is 13.2 Å². The Balaban J connectivity index is 1.24. The molecule has 7 fully saturated rings. The van der Waals surface area contributed by atoms with Crippen molar-refractivity contribution in [3.05, 3.63) is 12.2 Å². The minimum Gasteiger partial charge on any atom is -0.465 e. The van der Waals surface area contributed by atoms with E-state index in [4.69, 9.17) is 52.1 Å². The van der Waals surface area contributed by atoms with E-state index in [1.807, 2.05) is 0 Å². The minimum absolute atomic E-state index is 0.000793. The highest BCUT2D eigenvalue weighted by Crippen LogP contribution is 2.78. The van der Waals surface area contributed by atoms with Gasteiger partial charge in [0.15, 0.2) is 49.2 Å². The van der Waals surface area contributed by atoms with Crippen LogP contribution in [0.15, 0.2) is 12.2 Å². The van der Waals surface area contributed by atoms with Crippen molar-refractivity contribution in [3.63, 3.8) is 0 Å². The predicted octanol–water partition coefficient (Wildman–Crippen LogP) is 6.81. The van der Waals surface area contributed by atoms with E-state index in [1.54, 1.807) is 6.92 Å². The van der Waals surface area contributed by atoms with E-state index in [1.165, 1.54) is 27.7 Å². The first-order valence-electron chi connectivity index (χ1n) is 26.5. The summed E-state index contributed by atoms with van der Waals surface area (Å²) >= 11 is 0. The number of ether oxygens (including phenoxy) is 11. The summed E-state index contributed by atoms with van der Waals surface area (Å²) in [5, 5.41) is 0. The van der Waals surface area contributed by atoms with E-state index in [0.717, 1.165) is 64.9 Å². The first kappa shape index (κ1) is 57.2.